The summed E-state index contributed by atoms with van der Waals surface area (Å²) in [4.78, 5) is 7.65. The number of hydrogen-bond donors (Lipinski definition) is 3. The zero-order valence-electron chi connectivity index (χ0n) is 14.3. The van der Waals surface area contributed by atoms with Gasteiger partial charge in [0, 0.05) is 17.6 Å². The second-order valence-electron chi connectivity index (χ2n) is 6.52. The van der Waals surface area contributed by atoms with Crippen molar-refractivity contribution in [2.75, 3.05) is 11.9 Å². The minimum atomic E-state index is -0.464. The Kier molecular flexibility index (Phi) is 5.19. The van der Waals surface area contributed by atoms with Gasteiger partial charge in [-0.15, -0.1) is 5.10 Å². The van der Waals surface area contributed by atoms with Crippen LogP contribution in [-0.4, -0.2) is 31.5 Å². The number of hydrogen-bond acceptors (Lipinski definition) is 5. The quantitative estimate of drug-likeness (QED) is 0.526. The van der Waals surface area contributed by atoms with Gasteiger partial charge in [0.2, 0.25) is 5.95 Å². The van der Waals surface area contributed by atoms with Gasteiger partial charge in [-0.1, -0.05) is 33.3 Å². The number of aryl methyl sites for hydroxylation is 1. The molecular formula is C17H22BrN7. The highest BCUT2D eigenvalue weighted by atomic mass is 79.9. The molecule has 3 aromatic rings. The van der Waals surface area contributed by atoms with Gasteiger partial charge in [-0.3, -0.25) is 4.68 Å². The number of nitrogens with one attached hydrogen (secondary N) is 2. The minimum absolute atomic E-state index is 0.464. The maximum absolute atomic E-state index is 6.02. The van der Waals surface area contributed by atoms with Crippen molar-refractivity contribution in [1.29, 1.82) is 0 Å². The lowest BCUT2D eigenvalue weighted by molar-refractivity contribution is 0.533. The molecule has 3 rings (SSSR count). The smallest absolute Gasteiger partial charge is 0.200 e. The van der Waals surface area contributed by atoms with Crippen LogP contribution in [0.2, 0.25) is 0 Å². The van der Waals surface area contributed by atoms with E-state index in [-0.39, 0.29) is 0 Å². The molecule has 2 aromatic heterocycles. The summed E-state index contributed by atoms with van der Waals surface area (Å²) in [7, 11) is 0. The highest BCUT2D eigenvalue weighted by Crippen LogP contribution is 2.21. The molecule has 2 heterocycles. The third-order valence-electron chi connectivity index (χ3n) is 3.79. The zero-order chi connectivity index (χ0) is 17.9. The van der Waals surface area contributed by atoms with Crippen LogP contribution in [0.4, 0.5) is 5.95 Å². The maximum Gasteiger partial charge on any atom is 0.200 e. The van der Waals surface area contributed by atoms with Crippen LogP contribution < -0.4 is 11.1 Å². The molecule has 0 aliphatic rings. The molecule has 0 saturated heterocycles. The summed E-state index contributed by atoms with van der Waals surface area (Å²) in [6.07, 6.45) is 4.64. The van der Waals surface area contributed by atoms with Gasteiger partial charge in [0.15, 0.2) is 0 Å². The van der Waals surface area contributed by atoms with Crippen molar-refractivity contribution in [3.63, 3.8) is 0 Å². The van der Waals surface area contributed by atoms with E-state index in [1.807, 2.05) is 55.2 Å². The molecule has 8 heteroatoms. The van der Waals surface area contributed by atoms with E-state index in [1.165, 1.54) is 0 Å². The normalized spacial score (nSPS) is 11.7. The first kappa shape index (κ1) is 17.6. The van der Waals surface area contributed by atoms with Gasteiger partial charge >= 0.3 is 0 Å². The number of aromatic amines is 1. The average molecular weight is 404 g/mol. The van der Waals surface area contributed by atoms with Gasteiger partial charge in [0.05, 0.1) is 23.6 Å². The van der Waals surface area contributed by atoms with Crippen LogP contribution in [0.5, 0.6) is 0 Å². The second-order valence-corrected chi connectivity index (χ2v) is 7.44. The number of nitrogens with two attached hydrogens (primary N) is 1. The van der Waals surface area contributed by atoms with Crippen molar-refractivity contribution in [3.05, 3.63) is 46.8 Å². The third kappa shape index (κ3) is 4.67. The first-order valence-corrected chi connectivity index (χ1v) is 8.95. The standard InChI is InChI=1S/C17H22BrN7/c1-17(2,19)15-11-25(24-23-15)9-3-8-20-16-21-10-14(22-16)12-4-6-13(18)7-5-12/h4-7,10-11H,3,8-9,19H2,1-2H3,(H2,20,21,22). The highest BCUT2D eigenvalue weighted by Gasteiger charge is 2.18. The summed E-state index contributed by atoms with van der Waals surface area (Å²) in [5.74, 6) is 0.764. The van der Waals surface area contributed by atoms with Gasteiger partial charge in [0.25, 0.3) is 0 Å². The number of benzene rings is 1. The van der Waals surface area contributed by atoms with Gasteiger partial charge < -0.3 is 16.0 Å². The summed E-state index contributed by atoms with van der Waals surface area (Å²) < 4.78 is 2.88. The second kappa shape index (κ2) is 7.37. The number of aromatic nitrogens is 5. The van der Waals surface area contributed by atoms with Crippen LogP contribution in [0.25, 0.3) is 11.3 Å². The van der Waals surface area contributed by atoms with Crippen molar-refractivity contribution in [3.8, 4) is 11.3 Å². The minimum Gasteiger partial charge on any atom is -0.356 e. The maximum atomic E-state index is 6.02. The molecule has 1 aromatic carbocycles. The fourth-order valence-corrected chi connectivity index (χ4v) is 2.60. The summed E-state index contributed by atoms with van der Waals surface area (Å²) >= 11 is 3.44. The molecule has 0 aliphatic heterocycles. The molecular weight excluding hydrogens is 382 g/mol. The Balaban J connectivity index is 1.48. The van der Waals surface area contributed by atoms with Crippen LogP contribution in [0.3, 0.4) is 0 Å². The zero-order valence-corrected chi connectivity index (χ0v) is 15.9. The number of rotatable bonds is 7. The van der Waals surface area contributed by atoms with Crippen molar-refractivity contribution in [1.82, 2.24) is 25.0 Å². The van der Waals surface area contributed by atoms with Crippen LogP contribution in [0.15, 0.2) is 41.1 Å². The highest BCUT2D eigenvalue weighted by molar-refractivity contribution is 9.10. The summed E-state index contributed by atoms with van der Waals surface area (Å²) in [6, 6.07) is 8.11. The van der Waals surface area contributed by atoms with E-state index in [2.05, 4.69) is 41.5 Å². The summed E-state index contributed by atoms with van der Waals surface area (Å²) in [5.41, 5.74) is 8.44. The van der Waals surface area contributed by atoms with Gasteiger partial charge in [-0.25, -0.2) is 4.98 Å². The predicted molar refractivity (Wildman–Crippen MR) is 102 cm³/mol. The number of H-pyrrole nitrogens is 1. The fourth-order valence-electron chi connectivity index (χ4n) is 2.34. The Labute approximate surface area is 155 Å². The number of nitrogens with zero attached hydrogens (tertiary/aromatic N) is 4. The molecule has 0 amide bonds. The van der Waals surface area contributed by atoms with E-state index in [0.717, 1.165) is 46.9 Å². The first-order chi connectivity index (χ1) is 11.9. The molecule has 0 unspecified atom stereocenters. The Morgan fingerprint density at radius 1 is 1.28 bits per heavy atom. The lowest BCUT2D eigenvalue weighted by atomic mass is 10.0. The monoisotopic (exact) mass is 403 g/mol. The van der Waals surface area contributed by atoms with Gasteiger partial charge in [-0.2, -0.15) is 0 Å². The molecule has 0 atom stereocenters. The van der Waals surface area contributed by atoms with Gasteiger partial charge in [0.1, 0.15) is 5.69 Å². The van der Waals surface area contributed by atoms with E-state index in [0.29, 0.717) is 0 Å². The topological polar surface area (TPSA) is 97.4 Å². The Hall–Kier alpha value is -2.19. The average Bonchev–Trinajstić information content (AvgIpc) is 3.21. The lowest BCUT2D eigenvalue weighted by Crippen LogP contribution is -2.29. The number of halogens is 1. The van der Waals surface area contributed by atoms with E-state index >= 15 is 0 Å². The summed E-state index contributed by atoms with van der Waals surface area (Å²) in [6.45, 7) is 5.40. The molecule has 0 radical (unpaired) electrons. The largest absolute Gasteiger partial charge is 0.356 e. The van der Waals surface area contributed by atoms with E-state index in [9.17, 15) is 0 Å². The Morgan fingerprint density at radius 2 is 2.04 bits per heavy atom. The van der Waals surface area contributed by atoms with Crippen LogP contribution in [-0.2, 0) is 12.1 Å². The Morgan fingerprint density at radius 3 is 2.72 bits per heavy atom. The van der Waals surface area contributed by atoms with Crippen molar-refractivity contribution >= 4 is 21.9 Å². The number of imidazole rings is 1. The van der Waals surface area contributed by atoms with Crippen LogP contribution in [0.1, 0.15) is 26.0 Å². The fraction of sp³-hybridized carbons (Fsp3) is 0.353. The molecule has 0 bridgehead atoms. The molecule has 4 N–H and O–H groups in total. The SMILES string of the molecule is CC(C)(N)c1cn(CCCNc2ncc(-c3ccc(Br)cc3)[nH]2)nn1. The molecule has 25 heavy (non-hydrogen) atoms. The molecule has 0 spiro atoms. The van der Waals surface area contributed by atoms with Crippen LogP contribution >= 0.6 is 15.9 Å². The van der Waals surface area contributed by atoms with E-state index in [4.69, 9.17) is 5.73 Å². The third-order valence-corrected chi connectivity index (χ3v) is 4.31. The van der Waals surface area contributed by atoms with Crippen LogP contribution in [0, 0.1) is 0 Å². The van der Waals surface area contributed by atoms with Crippen molar-refractivity contribution in [2.45, 2.75) is 32.4 Å². The van der Waals surface area contributed by atoms with Crippen molar-refractivity contribution in [2.24, 2.45) is 5.73 Å². The molecule has 7 nitrogen and oxygen atoms in total. The first-order valence-electron chi connectivity index (χ1n) is 8.16. The van der Waals surface area contributed by atoms with E-state index in [1.54, 1.807) is 0 Å². The van der Waals surface area contributed by atoms with E-state index < -0.39 is 5.54 Å². The molecule has 0 fully saturated rings. The summed E-state index contributed by atoms with van der Waals surface area (Å²) in [5, 5.41) is 11.5. The Bertz CT molecular complexity index is 814. The molecule has 132 valence electrons. The number of anilines is 1. The van der Waals surface area contributed by atoms with Crippen molar-refractivity contribution < 1.29 is 0 Å². The molecule has 0 saturated carbocycles. The van der Waals surface area contributed by atoms with Gasteiger partial charge in [-0.05, 0) is 38.0 Å². The molecule has 0 aliphatic carbocycles. The lowest BCUT2D eigenvalue weighted by Gasteiger charge is -2.13. The predicted octanol–water partition coefficient (Wildman–Crippen LogP) is 3.13.